The van der Waals surface area contributed by atoms with E-state index in [2.05, 4.69) is 10.4 Å². The molecule has 2 aromatic rings. The fraction of sp³-hybridized carbons (Fsp3) is 0.333. The monoisotopic (exact) mass is 287 g/mol. The molecule has 0 bridgehead atoms. The summed E-state index contributed by atoms with van der Waals surface area (Å²) >= 11 is 0. The van der Waals surface area contributed by atoms with Crippen LogP contribution in [0.15, 0.2) is 30.6 Å². The summed E-state index contributed by atoms with van der Waals surface area (Å²) in [5, 5.41) is 15.7. The minimum absolute atomic E-state index is 0.00639. The van der Waals surface area contributed by atoms with Crippen molar-refractivity contribution >= 4 is 11.6 Å². The number of hydrogen-bond donors (Lipinski definition) is 2. The lowest BCUT2D eigenvalue weighted by Gasteiger charge is -2.17. The van der Waals surface area contributed by atoms with Crippen molar-refractivity contribution in [1.82, 2.24) is 9.78 Å². The summed E-state index contributed by atoms with van der Waals surface area (Å²) in [6.07, 6.45) is 5.07. The molecule has 1 aromatic carbocycles. The molecule has 0 aliphatic carbocycles. The number of aliphatic hydroxyl groups is 1. The van der Waals surface area contributed by atoms with Crippen LogP contribution < -0.4 is 10.1 Å². The van der Waals surface area contributed by atoms with Gasteiger partial charge >= 0.3 is 0 Å². The van der Waals surface area contributed by atoms with Crippen LogP contribution in [0.4, 0.5) is 5.69 Å². The Morgan fingerprint density at radius 3 is 3.24 bits per heavy atom. The number of ether oxygens (including phenoxy) is 1. The first-order chi connectivity index (χ1) is 10.3. The molecule has 0 fully saturated rings. The van der Waals surface area contributed by atoms with Crippen molar-refractivity contribution in [3.05, 3.63) is 41.7 Å². The molecule has 0 atom stereocenters. The minimum atomic E-state index is -0.212. The van der Waals surface area contributed by atoms with Crippen molar-refractivity contribution in [1.29, 1.82) is 0 Å². The summed E-state index contributed by atoms with van der Waals surface area (Å²) in [5.74, 6) is 0.686. The number of carbonyl (C=O) groups is 1. The number of aromatic nitrogens is 2. The molecule has 1 amide bonds. The number of fused-ring (bicyclic) bond motifs is 1. The third-order valence-corrected chi connectivity index (χ3v) is 3.39. The SMILES string of the molecule is O=C(Nc1ccc2c(c1)CCCO2)c1cnn(CCO)c1. The lowest BCUT2D eigenvalue weighted by molar-refractivity contribution is 0.102. The van der Waals surface area contributed by atoms with Crippen molar-refractivity contribution in [2.75, 3.05) is 18.5 Å². The van der Waals surface area contributed by atoms with Gasteiger partial charge in [0.15, 0.2) is 0 Å². The lowest BCUT2D eigenvalue weighted by atomic mass is 10.1. The van der Waals surface area contributed by atoms with Gasteiger partial charge in [0.1, 0.15) is 5.75 Å². The Bertz CT molecular complexity index is 651. The standard InChI is InChI=1S/C15H17N3O3/c19-6-5-18-10-12(9-16-18)15(20)17-13-3-4-14-11(8-13)2-1-7-21-14/h3-4,8-10,19H,1-2,5-7H2,(H,17,20). The van der Waals surface area contributed by atoms with E-state index in [9.17, 15) is 4.79 Å². The van der Waals surface area contributed by atoms with Crippen molar-refractivity contribution in [2.24, 2.45) is 0 Å². The highest BCUT2D eigenvalue weighted by atomic mass is 16.5. The first-order valence-corrected chi connectivity index (χ1v) is 6.96. The van der Waals surface area contributed by atoms with Crippen LogP contribution >= 0.6 is 0 Å². The molecule has 21 heavy (non-hydrogen) atoms. The van der Waals surface area contributed by atoms with E-state index in [1.165, 1.54) is 10.9 Å². The Morgan fingerprint density at radius 1 is 1.48 bits per heavy atom. The third kappa shape index (κ3) is 3.05. The fourth-order valence-corrected chi connectivity index (χ4v) is 2.35. The average molecular weight is 287 g/mol. The van der Waals surface area contributed by atoms with E-state index in [0.29, 0.717) is 12.1 Å². The number of hydrogen-bond acceptors (Lipinski definition) is 4. The van der Waals surface area contributed by atoms with Gasteiger partial charge in [-0.25, -0.2) is 0 Å². The smallest absolute Gasteiger partial charge is 0.258 e. The van der Waals surface area contributed by atoms with Gasteiger partial charge in [0, 0.05) is 11.9 Å². The number of rotatable bonds is 4. The maximum absolute atomic E-state index is 12.1. The number of anilines is 1. The Morgan fingerprint density at radius 2 is 2.38 bits per heavy atom. The number of nitrogens with one attached hydrogen (secondary N) is 1. The Hall–Kier alpha value is -2.34. The molecule has 1 aliphatic heterocycles. The van der Waals surface area contributed by atoms with Crippen molar-refractivity contribution < 1.29 is 14.6 Å². The molecule has 3 rings (SSSR count). The van der Waals surface area contributed by atoms with Crippen LogP contribution in [0, 0.1) is 0 Å². The summed E-state index contributed by atoms with van der Waals surface area (Å²) in [6.45, 7) is 1.12. The summed E-state index contributed by atoms with van der Waals surface area (Å²) in [5.41, 5.74) is 2.34. The molecule has 0 spiro atoms. The van der Waals surface area contributed by atoms with Crippen LogP contribution in [0.5, 0.6) is 5.75 Å². The second kappa shape index (κ2) is 5.97. The molecule has 2 N–H and O–H groups in total. The minimum Gasteiger partial charge on any atom is -0.493 e. The van der Waals surface area contributed by atoms with Gasteiger partial charge in [-0.05, 0) is 36.6 Å². The van der Waals surface area contributed by atoms with E-state index in [0.717, 1.165) is 36.4 Å². The molecule has 110 valence electrons. The summed E-state index contributed by atoms with van der Waals surface area (Å²) in [4.78, 5) is 12.1. The number of carbonyl (C=O) groups excluding carboxylic acids is 1. The summed E-state index contributed by atoms with van der Waals surface area (Å²) in [7, 11) is 0. The van der Waals surface area contributed by atoms with E-state index >= 15 is 0 Å². The predicted molar refractivity (Wildman–Crippen MR) is 77.5 cm³/mol. The molecule has 1 aromatic heterocycles. The first kappa shape index (κ1) is 13.6. The van der Waals surface area contributed by atoms with Crippen molar-refractivity contribution in [3.63, 3.8) is 0 Å². The predicted octanol–water partition coefficient (Wildman–Crippen LogP) is 1.45. The zero-order valence-corrected chi connectivity index (χ0v) is 11.6. The summed E-state index contributed by atoms with van der Waals surface area (Å²) in [6, 6.07) is 5.67. The molecule has 1 aliphatic rings. The van der Waals surface area contributed by atoms with Gasteiger partial charge in [0.25, 0.3) is 5.91 Å². The van der Waals surface area contributed by atoms with Gasteiger partial charge < -0.3 is 15.2 Å². The van der Waals surface area contributed by atoms with Crippen LogP contribution in [-0.2, 0) is 13.0 Å². The van der Waals surface area contributed by atoms with E-state index in [4.69, 9.17) is 9.84 Å². The largest absolute Gasteiger partial charge is 0.493 e. The van der Waals surface area contributed by atoms with Crippen LogP contribution in [0.3, 0.4) is 0 Å². The van der Waals surface area contributed by atoms with E-state index < -0.39 is 0 Å². The van der Waals surface area contributed by atoms with Gasteiger partial charge in [0.05, 0.1) is 31.5 Å². The third-order valence-electron chi connectivity index (χ3n) is 3.39. The highest BCUT2D eigenvalue weighted by Gasteiger charge is 2.13. The van der Waals surface area contributed by atoms with Gasteiger partial charge in [-0.1, -0.05) is 0 Å². The summed E-state index contributed by atoms with van der Waals surface area (Å²) < 4.78 is 7.09. The molecule has 0 saturated carbocycles. The number of nitrogens with zero attached hydrogens (tertiary/aromatic N) is 2. The van der Waals surface area contributed by atoms with Gasteiger partial charge in [-0.3, -0.25) is 9.48 Å². The van der Waals surface area contributed by atoms with E-state index in [-0.39, 0.29) is 12.5 Å². The Kier molecular flexibility index (Phi) is 3.87. The van der Waals surface area contributed by atoms with Crippen molar-refractivity contribution in [2.45, 2.75) is 19.4 Å². The van der Waals surface area contributed by atoms with Gasteiger partial charge in [-0.15, -0.1) is 0 Å². The number of aliphatic hydroxyl groups excluding tert-OH is 1. The molecule has 0 unspecified atom stereocenters. The Balaban J connectivity index is 1.71. The zero-order chi connectivity index (χ0) is 14.7. The first-order valence-electron chi connectivity index (χ1n) is 6.96. The topological polar surface area (TPSA) is 76.4 Å². The quantitative estimate of drug-likeness (QED) is 0.892. The molecular formula is C15H17N3O3. The lowest BCUT2D eigenvalue weighted by Crippen LogP contribution is -2.13. The van der Waals surface area contributed by atoms with Crippen molar-refractivity contribution in [3.8, 4) is 5.75 Å². The maximum Gasteiger partial charge on any atom is 0.258 e. The number of amides is 1. The number of aryl methyl sites for hydroxylation is 1. The molecule has 6 heteroatoms. The second-order valence-electron chi connectivity index (χ2n) is 4.94. The molecule has 0 radical (unpaired) electrons. The molecular weight excluding hydrogens is 270 g/mol. The average Bonchev–Trinajstić information content (AvgIpc) is 2.96. The second-order valence-corrected chi connectivity index (χ2v) is 4.94. The van der Waals surface area contributed by atoms with Gasteiger partial charge in [-0.2, -0.15) is 5.10 Å². The maximum atomic E-state index is 12.1. The van der Waals surface area contributed by atoms with Gasteiger partial charge in [0.2, 0.25) is 0 Å². The van der Waals surface area contributed by atoms with Crippen LogP contribution in [0.1, 0.15) is 22.3 Å². The normalized spacial score (nSPS) is 13.4. The molecule has 6 nitrogen and oxygen atoms in total. The number of benzene rings is 1. The molecule has 0 saturated heterocycles. The van der Waals surface area contributed by atoms with Crippen LogP contribution in [0.2, 0.25) is 0 Å². The fourth-order valence-electron chi connectivity index (χ4n) is 2.35. The van der Waals surface area contributed by atoms with E-state index in [1.54, 1.807) is 6.20 Å². The highest BCUT2D eigenvalue weighted by Crippen LogP contribution is 2.27. The highest BCUT2D eigenvalue weighted by molar-refractivity contribution is 6.04. The van der Waals surface area contributed by atoms with E-state index in [1.807, 2.05) is 18.2 Å². The molecule has 2 heterocycles. The zero-order valence-electron chi connectivity index (χ0n) is 11.6. The van der Waals surface area contributed by atoms with Crippen LogP contribution in [0.25, 0.3) is 0 Å². The Labute approximate surface area is 122 Å². The van der Waals surface area contributed by atoms with Crippen LogP contribution in [-0.4, -0.2) is 34.0 Å².